The molecule has 3 aromatic rings. The summed E-state index contributed by atoms with van der Waals surface area (Å²) in [5, 5.41) is 8.28. The molecule has 8 heteroatoms. The summed E-state index contributed by atoms with van der Waals surface area (Å²) in [4.78, 5) is 26.6. The van der Waals surface area contributed by atoms with Crippen molar-refractivity contribution in [3.05, 3.63) is 60.2 Å². The summed E-state index contributed by atoms with van der Waals surface area (Å²) >= 11 is 0. The Labute approximate surface area is 205 Å². The number of amides is 2. The van der Waals surface area contributed by atoms with Gasteiger partial charge in [0, 0.05) is 31.6 Å². The molecule has 0 unspecified atom stereocenters. The summed E-state index contributed by atoms with van der Waals surface area (Å²) in [5.74, 6) is 2.27. The number of para-hydroxylation sites is 1. The van der Waals surface area contributed by atoms with Crippen LogP contribution in [0.5, 0.6) is 11.5 Å². The number of nitrogens with zero attached hydrogens (tertiary/aromatic N) is 3. The van der Waals surface area contributed by atoms with Gasteiger partial charge in [-0.1, -0.05) is 25.1 Å². The number of piperidine rings is 1. The summed E-state index contributed by atoms with van der Waals surface area (Å²) in [6, 6.07) is 17.3. The van der Waals surface area contributed by atoms with E-state index in [1.54, 1.807) is 0 Å². The van der Waals surface area contributed by atoms with Gasteiger partial charge in [-0.3, -0.25) is 9.59 Å². The molecule has 2 aliphatic heterocycles. The molecule has 8 nitrogen and oxygen atoms in total. The van der Waals surface area contributed by atoms with Crippen LogP contribution in [0, 0.1) is 5.92 Å². The first-order valence-corrected chi connectivity index (χ1v) is 12.3. The number of rotatable bonds is 6. The third-order valence-electron chi connectivity index (χ3n) is 7.05. The molecule has 0 aliphatic carbocycles. The smallest absolute Gasteiger partial charge is 0.254 e. The van der Waals surface area contributed by atoms with Crippen LogP contribution in [0.15, 0.2) is 54.6 Å². The van der Waals surface area contributed by atoms with Crippen LogP contribution < -0.4 is 15.8 Å². The minimum absolute atomic E-state index is 0.165. The minimum Gasteiger partial charge on any atom is -0.457 e. The van der Waals surface area contributed by atoms with Gasteiger partial charge in [0.1, 0.15) is 28.6 Å². The number of hydrogen-bond acceptors (Lipinski definition) is 5. The van der Waals surface area contributed by atoms with Gasteiger partial charge in [0.05, 0.1) is 6.04 Å². The molecular formula is C27H31N5O3. The van der Waals surface area contributed by atoms with Crippen molar-refractivity contribution >= 4 is 17.6 Å². The van der Waals surface area contributed by atoms with Crippen LogP contribution in [0.2, 0.25) is 0 Å². The number of anilines is 1. The van der Waals surface area contributed by atoms with Crippen molar-refractivity contribution < 1.29 is 14.3 Å². The standard InChI is InChI=1S/C27H31N5O3/c1-2-23(33)31-16-13-18(14-17-31)22-12-15-29-27-24(26(28)34)25(30-32(22)27)19-8-10-21(11-9-19)35-20-6-4-3-5-7-20/h3-11,18,22,29H,2,12-17H2,1H3,(H2,28,34)/t22-/m0/s1. The summed E-state index contributed by atoms with van der Waals surface area (Å²) in [5.41, 5.74) is 7.65. The van der Waals surface area contributed by atoms with Crippen molar-refractivity contribution in [2.24, 2.45) is 11.7 Å². The van der Waals surface area contributed by atoms with Gasteiger partial charge < -0.3 is 20.7 Å². The molecule has 3 heterocycles. The lowest BCUT2D eigenvalue weighted by Gasteiger charge is -2.38. The maximum atomic E-state index is 12.5. The third kappa shape index (κ3) is 4.60. The van der Waals surface area contributed by atoms with E-state index in [1.807, 2.05) is 71.1 Å². The van der Waals surface area contributed by atoms with E-state index in [-0.39, 0.29) is 11.9 Å². The van der Waals surface area contributed by atoms with Gasteiger partial charge in [0.25, 0.3) is 5.91 Å². The Hall–Kier alpha value is -3.81. The Morgan fingerprint density at radius 1 is 1.03 bits per heavy atom. The summed E-state index contributed by atoms with van der Waals surface area (Å²) in [7, 11) is 0. The molecule has 2 amide bonds. The first-order chi connectivity index (χ1) is 17.0. The topological polar surface area (TPSA) is 102 Å². The lowest BCUT2D eigenvalue weighted by Crippen LogP contribution is -2.41. The highest BCUT2D eigenvalue weighted by Gasteiger charge is 2.35. The van der Waals surface area contributed by atoms with Gasteiger partial charge in [-0.15, -0.1) is 0 Å². The number of fused-ring (bicyclic) bond motifs is 1. The Balaban J connectivity index is 1.41. The van der Waals surface area contributed by atoms with Crippen LogP contribution in [0.25, 0.3) is 11.3 Å². The molecule has 3 N–H and O–H groups in total. The fourth-order valence-electron chi connectivity index (χ4n) is 5.24. The van der Waals surface area contributed by atoms with Crippen LogP contribution in [0.3, 0.4) is 0 Å². The van der Waals surface area contributed by atoms with Crippen molar-refractivity contribution in [3.8, 4) is 22.8 Å². The average molecular weight is 474 g/mol. The van der Waals surface area contributed by atoms with Gasteiger partial charge in [-0.2, -0.15) is 5.10 Å². The highest BCUT2D eigenvalue weighted by molar-refractivity contribution is 6.03. The van der Waals surface area contributed by atoms with Gasteiger partial charge in [-0.25, -0.2) is 4.68 Å². The van der Waals surface area contributed by atoms with E-state index in [1.165, 1.54) is 0 Å². The monoisotopic (exact) mass is 473 g/mol. The second-order valence-electron chi connectivity index (χ2n) is 9.18. The molecule has 1 atom stereocenters. The molecule has 2 aliphatic rings. The van der Waals surface area contributed by atoms with Gasteiger partial charge in [0.15, 0.2) is 0 Å². The first-order valence-electron chi connectivity index (χ1n) is 12.3. The molecule has 0 spiro atoms. The number of likely N-dealkylation sites (tertiary alicyclic amines) is 1. The normalized spacial score (nSPS) is 18.0. The zero-order chi connectivity index (χ0) is 24.4. The van der Waals surface area contributed by atoms with Crippen molar-refractivity contribution in [1.29, 1.82) is 0 Å². The van der Waals surface area contributed by atoms with E-state index < -0.39 is 5.91 Å². The fraction of sp³-hybridized carbons (Fsp3) is 0.370. The number of carbonyl (C=O) groups excluding carboxylic acids is 2. The largest absolute Gasteiger partial charge is 0.457 e. The molecule has 1 saturated heterocycles. The lowest BCUT2D eigenvalue weighted by molar-refractivity contribution is -0.132. The molecule has 2 aromatic carbocycles. The Bertz CT molecular complexity index is 1200. The van der Waals surface area contributed by atoms with Crippen LogP contribution >= 0.6 is 0 Å². The van der Waals surface area contributed by atoms with E-state index in [2.05, 4.69) is 5.32 Å². The van der Waals surface area contributed by atoms with Crippen molar-refractivity contribution in [2.75, 3.05) is 25.0 Å². The number of ether oxygens (including phenoxy) is 1. The van der Waals surface area contributed by atoms with E-state index in [9.17, 15) is 9.59 Å². The van der Waals surface area contributed by atoms with E-state index in [4.69, 9.17) is 15.6 Å². The highest BCUT2D eigenvalue weighted by Crippen LogP contribution is 2.40. The number of benzene rings is 2. The van der Waals surface area contributed by atoms with Gasteiger partial charge in [-0.05, 0) is 61.6 Å². The number of nitrogens with two attached hydrogens (primary N) is 1. The Morgan fingerprint density at radius 3 is 2.37 bits per heavy atom. The quantitative estimate of drug-likeness (QED) is 0.551. The fourth-order valence-corrected chi connectivity index (χ4v) is 5.24. The maximum absolute atomic E-state index is 12.5. The number of aromatic nitrogens is 2. The van der Waals surface area contributed by atoms with E-state index >= 15 is 0 Å². The minimum atomic E-state index is -0.498. The number of carbonyl (C=O) groups is 2. The highest BCUT2D eigenvalue weighted by atomic mass is 16.5. The van der Waals surface area contributed by atoms with Gasteiger partial charge in [0.2, 0.25) is 5.91 Å². The van der Waals surface area contributed by atoms with Crippen LogP contribution in [0.1, 0.15) is 49.0 Å². The average Bonchev–Trinajstić information content (AvgIpc) is 3.29. The molecule has 0 radical (unpaired) electrons. The molecule has 1 fully saturated rings. The second kappa shape index (κ2) is 9.82. The summed E-state index contributed by atoms with van der Waals surface area (Å²) in [6.45, 7) is 4.21. The van der Waals surface area contributed by atoms with Crippen LogP contribution in [-0.2, 0) is 4.79 Å². The number of hydrogen-bond donors (Lipinski definition) is 2. The first kappa shape index (κ1) is 23.0. The lowest BCUT2D eigenvalue weighted by atomic mass is 9.86. The predicted octanol–water partition coefficient (Wildman–Crippen LogP) is 4.45. The van der Waals surface area contributed by atoms with Gasteiger partial charge >= 0.3 is 0 Å². The molecule has 0 saturated carbocycles. The third-order valence-corrected chi connectivity index (χ3v) is 7.05. The molecule has 0 bridgehead atoms. The van der Waals surface area contributed by atoms with Crippen LogP contribution in [0.4, 0.5) is 5.82 Å². The zero-order valence-electron chi connectivity index (χ0n) is 19.9. The number of primary amides is 1. The van der Waals surface area contributed by atoms with Crippen molar-refractivity contribution in [3.63, 3.8) is 0 Å². The Kier molecular flexibility index (Phi) is 6.44. The van der Waals surface area contributed by atoms with E-state index in [0.717, 1.165) is 50.2 Å². The molecule has 182 valence electrons. The van der Waals surface area contributed by atoms with Crippen molar-refractivity contribution in [2.45, 2.75) is 38.6 Å². The Morgan fingerprint density at radius 2 is 1.71 bits per heavy atom. The maximum Gasteiger partial charge on any atom is 0.254 e. The van der Waals surface area contributed by atoms with E-state index in [0.29, 0.717) is 35.2 Å². The molecule has 35 heavy (non-hydrogen) atoms. The summed E-state index contributed by atoms with van der Waals surface area (Å²) < 4.78 is 7.87. The predicted molar refractivity (Wildman–Crippen MR) is 134 cm³/mol. The zero-order valence-corrected chi connectivity index (χ0v) is 19.9. The van der Waals surface area contributed by atoms with Crippen LogP contribution in [-0.4, -0.2) is 46.1 Å². The number of nitrogens with one attached hydrogen (secondary N) is 1. The SMILES string of the molecule is CCC(=O)N1CCC([C@@H]2CCNc3c(C(N)=O)c(-c4ccc(Oc5ccccc5)cc4)nn32)CC1. The van der Waals surface area contributed by atoms with Crippen molar-refractivity contribution in [1.82, 2.24) is 14.7 Å². The molecular weight excluding hydrogens is 442 g/mol. The molecule has 1 aromatic heterocycles. The second-order valence-corrected chi connectivity index (χ2v) is 9.18. The molecule has 5 rings (SSSR count). The summed E-state index contributed by atoms with van der Waals surface area (Å²) in [6.07, 6.45) is 3.33.